The van der Waals surface area contributed by atoms with Crippen molar-refractivity contribution in [2.45, 2.75) is 26.7 Å². The number of amides is 1. The Bertz CT molecular complexity index is 671. The average Bonchev–Trinajstić information content (AvgIpc) is 2.91. The molecule has 0 spiro atoms. The zero-order valence-corrected chi connectivity index (χ0v) is 13.6. The number of nitrogens with one attached hydrogen (secondary N) is 1. The maximum absolute atomic E-state index is 11.7. The number of hydrogen-bond donors (Lipinski definition) is 1. The van der Waals surface area contributed by atoms with E-state index in [2.05, 4.69) is 36.2 Å². The molecule has 1 amide bonds. The van der Waals surface area contributed by atoms with Crippen LogP contribution in [0.4, 0.5) is 5.13 Å². The number of carbonyl (C=O) groups excluding carboxylic acids is 1. The Morgan fingerprint density at radius 2 is 2.05 bits per heavy atom. The third kappa shape index (κ3) is 2.75. The maximum atomic E-state index is 11.7. The maximum Gasteiger partial charge on any atom is 0.222 e. The molecule has 0 bridgehead atoms. The molecular weight excluding hydrogens is 282 g/mol. The molecule has 1 fully saturated rings. The highest BCUT2D eigenvalue weighted by molar-refractivity contribution is 7.22. The van der Waals surface area contributed by atoms with Crippen LogP contribution in [0.25, 0.3) is 10.2 Å². The largest absolute Gasteiger partial charge is 0.359 e. The number of thiazole rings is 1. The minimum atomic E-state index is 0.157. The number of benzene rings is 1. The van der Waals surface area contributed by atoms with Crippen LogP contribution in [0, 0.1) is 19.8 Å². The molecule has 0 saturated carbocycles. The molecule has 1 aliphatic rings. The van der Waals surface area contributed by atoms with Gasteiger partial charge in [-0.15, -0.1) is 0 Å². The molecule has 0 radical (unpaired) electrons. The van der Waals surface area contributed by atoms with Crippen molar-refractivity contribution in [2.75, 3.05) is 25.0 Å². The highest BCUT2D eigenvalue weighted by Gasteiger charge is 2.25. The first kappa shape index (κ1) is 14.3. The molecule has 2 heterocycles. The number of aromatic nitrogens is 1. The number of hydrogen-bond acceptors (Lipinski definition) is 4. The van der Waals surface area contributed by atoms with Gasteiger partial charge in [0.15, 0.2) is 5.13 Å². The predicted octanol–water partition coefficient (Wildman–Crippen LogP) is 2.88. The zero-order valence-electron chi connectivity index (χ0n) is 12.8. The predicted molar refractivity (Wildman–Crippen MR) is 88.1 cm³/mol. The summed E-state index contributed by atoms with van der Waals surface area (Å²) in [5, 5.41) is 3.85. The van der Waals surface area contributed by atoms with E-state index < -0.39 is 0 Å². The van der Waals surface area contributed by atoms with E-state index in [1.807, 2.05) is 0 Å². The molecule has 5 heteroatoms. The van der Waals surface area contributed by atoms with Crippen LogP contribution in [0.5, 0.6) is 0 Å². The number of anilines is 1. The molecule has 1 aromatic carbocycles. The number of nitrogens with zero attached hydrogens (tertiary/aromatic N) is 2. The minimum Gasteiger partial charge on any atom is -0.359 e. The lowest BCUT2D eigenvalue weighted by molar-refractivity contribution is -0.125. The summed E-state index contributed by atoms with van der Waals surface area (Å²) in [5.74, 6) is 0.329. The molecule has 1 aliphatic heterocycles. The molecule has 112 valence electrons. The molecule has 21 heavy (non-hydrogen) atoms. The van der Waals surface area contributed by atoms with Crippen molar-refractivity contribution in [1.29, 1.82) is 0 Å². The first-order valence-corrected chi connectivity index (χ1v) is 8.24. The highest BCUT2D eigenvalue weighted by Crippen LogP contribution is 2.33. The fourth-order valence-corrected chi connectivity index (χ4v) is 4.22. The fourth-order valence-electron chi connectivity index (χ4n) is 3.03. The van der Waals surface area contributed by atoms with E-state index in [9.17, 15) is 4.79 Å². The van der Waals surface area contributed by atoms with E-state index in [1.165, 1.54) is 15.8 Å². The molecule has 0 atom stereocenters. The van der Waals surface area contributed by atoms with Crippen LogP contribution in [0.1, 0.15) is 24.0 Å². The molecule has 1 aromatic heterocycles. The third-order valence-electron chi connectivity index (χ3n) is 4.20. The Morgan fingerprint density at radius 1 is 1.33 bits per heavy atom. The van der Waals surface area contributed by atoms with Crippen molar-refractivity contribution >= 4 is 32.6 Å². The van der Waals surface area contributed by atoms with Crippen molar-refractivity contribution in [2.24, 2.45) is 5.92 Å². The number of rotatable bonds is 2. The van der Waals surface area contributed by atoms with Gasteiger partial charge in [-0.2, -0.15) is 0 Å². The van der Waals surface area contributed by atoms with Crippen molar-refractivity contribution in [1.82, 2.24) is 10.3 Å². The summed E-state index contributed by atoms with van der Waals surface area (Å²) in [4.78, 5) is 18.8. The third-order valence-corrected chi connectivity index (χ3v) is 5.26. The second-order valence-electron chi connectivity index (χ2n) is 5.80. The summed E-state index contributed by atoms with van der Waals surface area (Å²) in [6.07, 6.45) is 1.82. The second kappa shape index (κ2) is 5.64. The van der Waals surface area contributed by atoms with Crippen LogP contribution in [0.15, 0.2) is 12.1 Å². The van der Waals surface area contributed by atoms with Gasteiger partial charge >= 0.3 is 0 Å². The van der Waals surface area contributed by atoms with Crippen molar-refractivity contribution in [3.63, 3.8) is 0 Å². The molecule has 0 aliphatic carbocycles. The normalized spacial score (nSPS) is 16.4. The standard InChI is InChI=1S/C16H21N3OS/c1-10-8-11(2)14-13(9-10)21-16(18-14)19-6-4-12(5-7-19)15(20)17-3/h8-9,12H,4-7H2,1-3H3,(H,17,20). The summed E-state index contributed by atoms with van der Waals surface area (Å²) in [5.41, 5.74) is 3.65. The van der Waals surface area contributed by atoms with Gasteiger partial charge in [-0.25, -0.2) is 4.98 Å². The number of aryl methyl sites for hydroxylation is 2. The Kier molecular flexibility index (Phi) is 3.85. The Morgan fingerprint density at radius 3 is 2.71 bits per heavy atom. The summed E-state index contributed by atoms with van der Waals surface area (Å²) in [6, 6.07) is 4.39. The topological polar surface area (TPSA) is 45.2 Å². The van der Waals surface area contributed by atoms with Crippen LogP contribution < -0.4 is 10.2 Å². The van der Waals surface area contributed by atoms with Crippen LogP contribution in [0.3, 0.4) is 0 Å². The first-order chi connectivity index (χ1) is 10.1. The van der Waals surface area contributed by atoms with E-state index in [-0.39, 0.29) is 11.8 Å². The molecule has 1 saturated heterocycles. The van der Waals surface area contributed by atoms with E-state index in [4.69, 9.17) is 4.98 Å². The molecule has 1 N–H and O–H groups in total. The highest BCUT2D eigenvalue weighted by atomic mass is 32.1. The Balaban J connectivity index is 1.80. The second-order valence-corrected chi connectivity index (χ2v) is 6.81. The molecule has 0 unspecified atom stereocenters. The zero-order chi connectivity index (χ0) is 15.0. The van der Waals surface area contributed by atoms with Crippen LogP contribution >= 0.6 is 11.3 Å². The average molecular weight is 303 g/mol. The van der Waals surface area contributed by atoms with E-state index in [0.717, 1.165) is 36.6 Å². The molecular formula is C16H21N3OS. The van der Waals surface area contributed by atoms with Gasteiger partial charge in [0.05, 0.1) is 10.2 Å². The smallest absolute Gasteiger partial charge is 0.222 e. The van der Waals surface area contributed by atoms with Gasteiger partial charge in [0.1, 0.15) is 0 Å². The van der Waals surface area contributed by atoms with Gasteiger partial charge < -0.3 is 10.2 Å². The minimum absolute atomic E-state index is 0.157. The van der Waals surface area contributed by atoms with Crippen molar-refractivity contribution < 1.29 is 4.79 Å². The first-order valence-electron chi connectivity index (χ1n) is 7.43. The quantitative estimate of drug-likeness (QED) is 0.928. The number of piperidine rings is 1. The van der Waals surface area contributed by atoms with Crippen molar-refractivity contribution in [3.05, 3.63) is 23.3 Å². The summed E-state index contributed by atoms with van der Waals surface area (Å²) in [6.45, 7) is 6.07. The number of carbonyl (C=O) groups is 1. The Hall–Kier alpha value is -1.62. The van der Waals surface area contributed by atoms with Crippen LogP contribution in [0.2, 0.25) is 0 Å². The summed E-state index contributed by atoms with van der Waals surface area (Å²) in [7, 11) is 1.72. The summed E-state index contributed by atoms with van der Waals surface area (Å²) < 4.78 is 1.26. The van der Waals surface area contributed by atoms with Gasteiger partial charge in [0.2, 0.25) is 5.91 Å². The van der Waals surface area contributed by atoms with Gasteiger partial charge in [-0.05, 0) is 43.9 Å². The lowest BCUT2D eigenvalue weighted by Crippen LogP contribution is -2.39. The van der Waals surface area contributed by atoms with Gasteiger partial charge in [-0.3, -0.25) is 4.79 Å². The Labute approximate surface area is 129 Å². The lowest BCUT2D eigenvalue weighted by Gasteiger charge is -2.30. The molecule has 3 rings (SSSR count). The molecule has 4 nitrogen and oxygen atoms in total. The van der Waals surface area contributed by atoms with Gasteiger partial charge in [-0.1, -0.05) is 17.4 Å². The van der Waals surface area contributed by atoms with Crippen LogP contribution in [-0.4, -0.2) is 31.0 Å². The van der Waals surface area contributed by atoms with Gasteiger partial charge in [0, 0.05) is 26.1 Å². The molecule has 2 aromatic rings. The van der Waals surface area contributed by atoms with Crippen LogP contribution in [-0.2, 0) is 4.79 Å². The van der Waals surface area contributed by atoms with E-state index in [1.54, 1.807) is 18.4 Å². The van der Waals surface area contributed by atoms with E-state index in [0.29, 0.717) is 0 Å². The van der Waals surface area contributed by atoms with Crippen molar-refractivity contribution in [3.8, 4) is 0 Å². The van der Waals surface area contributed by atoms with Gasteiger partial charge in [0.25, 0.3) is 0 Å². The number of fused-ring (bicyclic) bond motifs is 1. The SMILES string of the molecule is CNC(=O)C1CCN(c2nc3c(C)cc(C)cc3s2)CC1. The monoisotopic (exact) mass is 303 g/mol. The van der Waals surface area contributed by atoms with E-state index >= 15 is 0 Å². The lowest BCUT2D eigenvalue weighted by atomic mass is 9.96. The fraction of sp³-hybridized carbons (Fsp3) is 0.500. The summed E-state index contributed by atoms with van der Waals surface area (Å²) >= 11 is 1.76.